The Balaban J connectivity index is 1.69. The van der Waals surface area contributed by atoms with Crippen LogP contribution < -0.4 is 15.5 Å². The van der Waals surface area contributed by atoms with Gasteiger partial charge in [0, 0.05) is 6.42 Å². The predicted octanol–water partition coefficient (Wildman–Crippen LogP) is 0.879. The zero-order valence-electron chi connectivity index (χ0n) is 12.3. The van der Waals surface area contributed by atoms with E-state index in [4.69, 9.17) is 0 Å². The highest BCUT2D eigenvalue weighted by Crippen LogP contribution is 2.39. The van der Waals surface area contributed by atoms with Crippen LogP contribution in [-0.2, 0) is 13.0 Å². The van der Waals surface area contributed by atoms with Crippen LogP contribution in [0.25, 0.3) is 0 Å². The Kier molecular flexibility index (Phi) is 3.09. The Bertz CT molecular complexity index is 739. The Morgan fingerprint density at radius 3 is 2.82 bits per heavy atom. The molecular formula is C16H18N3O2S+. The molecule has 1 amide bonds. The highest BCUT2D eigenvalue weighted by atomic mass is 32.1. The van der Waals surface area contributed by atoms with Gasteiger partial charge in [-0.05, 0) is 23.3 Å². The molecule has 2 atom stereocenters. The molecule has 22 heavy (non-hydrogen) atoms. The number of aromatic hydroxyl groups is 1. The smallest absolute Gasteiger partial charge is 0.256 e. The lowest BCUT2D eigenvalue weighted by atomic mass is 10.0. The third-order valence-electron chi connectivity index (χ3n) is 4.36. The fourth-order valence-electron chi connectivity index (χ4n) is 3.17. The second-order valence-electron chi connectivity index (χ2n) is 5.98. The zero-order valence-corrected chi connectivity index (χ0v) is 13.1. The number of hydrogen-bond donors (Lipinski definition) is 4. The van der Waals surface area contributed by atoms with Gasteiger partial charge >= 0.3 is 0 Å². The molecule has 1 unspecified atom stereocenters. The van der Waals surface area contributed by atoms with Gasteiger partial charge in [0.25, 0.3) is 5.91 Å². The van der Waals surface area contributed by atoms with Gasteiger partial charge in [0.15, 0.2) is 0 Å². The van der Waals surface area contributed by atoms with E-state index in [0.717, 1.165) is 35.6 Å². The first-order chi connectivity index (χ1) is 10.6. The largest absolute Gasteiger partial charge is 0.508 e. The lowest BCUT2D eigenvalue weighted by Crippen LogP contribution is -3.08. The molecule has 4 rings (SSSR count). The average Bonchev–Trinajstić information content (AvgIpc) is 2.85. The van der Waals surface area contributed by atoms with Crippen molar-refractivity contribution in [1.29, 1.82) is 0 Å². The summed E-state index contributed by atoms with van der Waals surface area (Å²) in [6.45, 7) is 2.07. The number of hydrogen-bond acceptors (Lipinski definition) is 4. The molecule has 0 fully saturated rings. The Labute approximate surface area is 132 Å². The van der Waals surface area contributed by atoms with Crippen molar-refractivity contribution in [3.05, 3.63) is 45.8 Å². The second-order valence-corrected chi connectivity index (χ2v) is 7.09. The van der Waals surface area contributed by atoms with Crippen LogP contribution in [0.5, 0.6) is 5.75 Å². The van der Waals surface area contributed by atoms with E-state index in [9.17, 15) is 9.90 Å². The standard InChI is InChI=1S/C16H17N3O2S/c1-19-7-6-11-12(8-19)22-16-13(11)15(21)17-14(18-16)9-2-4-10(20)5-3-9/h2-5,14,18,20H,6-8H2,1H3,(H,17,21)/p+1/t14-/m0/s1. The van der Waals surface area contributed by atoms with Crippen molar-refractivity contribution in [2.24, 2.45) is 0 Å². The van der Waals surface area contributed by atoms with Gasteiger partial charge in [-0.1, -0.05) is 12.1 Å². The van der Waals surface area contributed by atoms with Gasteiger partial charge in [0.1, 0.15) is 23.5 Å². The SMILES string of the molecule is C[NH+]1CCc2c(sc3c2C(=O)N[C@H](c2ccc(O)cc2)N3)C1. The first-order valence-corrected chi connectivity index (χ1v) is 8.25. The Morgan fingerprint density at radius 2 is 2.05 bits per heavy atom. The van der Waals surface area contributed by atoms with Crippen LogP contribution in [-0.4, -0.2) is 24.6 Å². The summed E-state index contributed by atoms with van der Waals surface area (Å²) in [6, 6.07) is 6.92. The number of quaternary nitrogens is 1. The summed E-state index contributed by atoms with van der Waals surface area (Å²) in [6.07, 6.45) is 0.720. The third-order valence-corrected chi connectivity index (χ3v) is 5.52. The lowest BCUT2D eigenvalue weighted by Gasteiger charge is -2.27. The van der Waals surface area contributed by atoms with E-state index in [1.165, 1.54) is 15.3 Å². The van der Waals surface area contributed by atoms with Crippen molar-refractivity contribution in [3.63, 3.8) is 0 Å². The Morgan fingerprint density at radius 1 is 1.27 bits per heavy atom. The van der Waals surface area contributed by atoms with Crippen LogP contribution in [0.15, 0.2) is 24.3 Å². The molecule has 6 heteroatoms. The van der Waals surface area contributed by atoms with Crippen LogP contribution in [0.1, 0.15) is 32.5 Å². The van der Waals surface area contributed by atoms with E-state index < -0.39 is 0 Å². The summed E-state index contributed by atoms with van der Waals surface area (Å²) < 4.78 is 0. The first-order valence-electron chi connectivity index (χ1n) is 7.44. The molecule has 2 aromatic rings. The van der Waals surface area contributed by atoms with Crippen molar-refractivity contribution in [1.82, 2.24) is 5.32 Å². The monoisotopic (exact) mass is 316 g/mol. The summed E-state index contributed by atoms with van der Waals surface area (Å²) in [5, 5.41) is 16.8. The van der Waals surface area contributed by atoms with Crippen LogP contribution in [0.3, 0.4) is 0 Å². The van der Waals surface area contributed by atoms with Gasteiger partial charge < -0.3 is 20.6 Å². The van der Waals surface area contributed by atoms with Gasteiger partial charge in [-0.2, -0.15) is 0 Å². The average molecular weight is 316 g/mol. The fraction of sp³-hybridized carbons (Fsp3) is 0.312. The third kappa shape index (κ3) is 2.15. The molecule has 114 valence electrons. The van der Waals surface area contributed by atoms with Crippen LogP contribution in [0.2, 0.25) is 0 Å². The molecule has 1 aromatic heterocycles. The van der Waals surface area contributed by atoms with E-state index in [1.807, 2.05) is 12.1 Å². The summed E-state index contributed by atoms with van der Waals surface area (Å²) >= 11 is 1.70. The van der Waals surface area contributed by atoms with E-state index in [-0.39, 0.29) is 17.8 Å². The Hall–Kier alpha value is -2.05. The fourth-order valence-corrected chi connectivity index (χ4v) is 4.55. The molecule has 4 N–H and O–H groups in total. The van der Waals surface area contributed by atoms with Crippen molar-refractivity contribution < 1.29 is 14.8 Å². The summed E-state index contributed by atoms with van der Waals surface area (Å²) in [5.41, 5.74) is 2.99. The second kappa shape index (κ2) is 5.00. The molecule has 5 nitrogen and oxygen atoms in total. The van der Waals surface area contributed by atoms with Gasteiger partial charge in [0.05, 0.1) is 24.0 Å². The molecule has 0 aliphatic carbocycles. The zero-order chi connectivity index (χ0) is 15.3. The lowest BCUT2D eigenvalue weighted by molar-refractivity contribution is -0.895. The summed E-state index contributed by atoms with van der Waals surface area (Å²) in [5.74, 6) is 0.230. The molecule has 3 heterocycles. The highest BCUT2D eigenvalue weighted by molar-refractivity contribution is 7.16. The summed E-state index contributed by atoms with van der Waals surface area (Å²) in [4.78, 5) is 15.4. The molecule has 0 spiro atoms. The number of nitrogens with one attached hydrogen (secondary N) is 3. The predicted molar refractivity (Wildman–Crippen MR) is 85.4 cm³/mol. The number of likely N-dealkylation sites (N-methyl/N-ethyl adjacent to an activating group) is 1. The van der Waals surface area contributed by atoms with Crippen molar-refractivity contribution in [2.45, 2.75) is 19.1 Å². The maximum absolute atomic E-state index is 12.6. The maximum Gasteiger partial charge on any atom is 0.256 e. The number of carbonyl (C=O) groups is 1. The maximum atomic E-state index is 12.6. The van der Waals surface area contributed by atoms with Crippen molar-refractivity contribution in [2.75, 3.05) is 18.9 Å². The molecule has 0 saturated carbocycles. The number of anilines is 1. The molecule has 2 aliphatic heterocycles. The molecule has 0 bridgehead atoms. The number of thiophene rings is 1. The molecule has 0 saturated heterocycles. The normalized spacial score (nSPS) is 23.2. The molecule has 1 aromatic carbocycles. The topological polar surface area (TPSA) is 65.8 Å². The van der Waals surface area contributed by atoms with Crippen molar-refractivity contribution >= 4 is 22.2 Å². The molecule has 2 aliphatic rings. The van der Waals surface area contributed by atoms with E-state index >= 15 is 0 Å². The number of phenolic OH excluding ortho intramolecular Hbond substituents is 1. The van der Waals surface area contributed by atoms with Gasteiger partial charge in [-0.25, -0.2) is 0 Å². The number of fused-ring (bicyclic) bond motifs is 3. The van der Waals surface area contributed by atoms with Crippen LogP contribution in [0.4, 0.5) is 5.00 Å². The number of amides is 1. The summed E-state index contributed by atoms with van der Waals surface area (Å²) in [7, 11) is 2.19. The van der Waals surface area contributed by atoms with Gasteiger partial charge in [0.2, 0.25) is 0 Å². The number of phenols is 1. The van der Waals surface area contributed by atoms with Gasteiger partial charge in [-0.3, -0.25) is 4.79 Å². The van der Waals surface area contributed by atoms with Gasteiger partial charge in [-0.15, -0.1) is 11.3 Å². The van der Waals surface area contributed by atoms with E-state index in [1.54, 1.807) is 23.5 Å². The molecule has 0 radical (unpaired) electrons. The van der Waals surface area contributed by atoms with Crippen LogP contribution in [0, 0.1) is 0 Å². The van der Waals surface area contributed by atoms with E-state index in [2.05, 4.69) is 17.7 Å². The molecular weight excluding hydrogens is 298 g/mol. The minimum absolute atomic E-state index is 0.00359. The first kappa shape index (κ1) is 13.6. The quantitative estimate of drug-likeness (QED) is 0.631. The minimum Gasteiger partial charge on any atom is -0.508 e. The highest BCUT2D eigenvalue weighted by Gasteiger charge is 2.33. The number of carbonyl (C=O) groups excluding carboxylic acids is 1. The van der Waals surface area contributed by atoms with E-state index in [0.29, 0.717) is 0 Å². The van der Waals surface area contributed by atoms with Crippen LogP contribution >= 0.6 is 11.3 Å². The minimum atomic E-state index is -0.245. The number of benzene rings is 1. The number of rotatable bonds is 1. The van der Waals surface area contributed by atoms with Crippen molar-refractivity contribution in [3.8, 4) is 5.75 Å².